The molecule has 0 spiro atoms. The van der Waals surface area contributed by atoms with E-state index in [2.05, 4.69) is 4.85 Å². The molecule has 0 atom stereocenters. The zero-order valence-electron chi connectivity index (χ0n) is 20.8. The Morgan fingerprint density at radius 2 is 2.07 bits per heavy atom. The zero-order valence-corrected chi connectivity index (χ0v) is 15.8. The lowest BCUT2D eigenvalue weighted by Crippen LogP contribution is -2.31. The molecule has 0 saturated carbocycles. The SMILES string of the molecule is [2H]c1c(C([2H])([2H])C(C)C)c([2H])c(-c2c(C)ccc3c2oc2ccc([N+]#[C-])cc23)[n+](C)c1[2H]. The molecule has 134 valence electrons. The van der Waals surface area contributed by atoms with Gasteiger partial charge in [-0.05, 0) is 42.5 Å². The lowest BCUT2D eigenvalue weighted by atomic mass is 9.97. The van der Waals surface area contributed by atoms with Gasteiger partial charge in [0.05, 0.1) is 14.9 Å². The van der Waals surface area contributed by atoms with E-state index in [0.29, 0.717) is 28.1 Å². The van der Waals surface area contributed by atoms with E-state index in [-0.39, 0.29) is 23.8 Å². The van der Waals surface area contributed by atoms with Crippen LogP contribution in [0.25, 0.3) is 38.0 Å². The molecule has 0 amide bonds. The first-order chi connectivity index (χ1) is 15.0. The summed E-state index contributed by atoms with van der Waals surface area (Å²) < 4.78 is 50.6. The van der Waals surface area contributed by atoms with Gasteiger partial charge in [-0.2, -0.15) is 0 Å². The van der Waals surface area contributed by atoms with E-state index in [9.17, 15) is 0 Å². The number of benzene rings is 2. The summed E-state index contributed by atoms with van der Waals surface area (Å²) in [6.07, 6.45) is -2.12. The number of hydrogen-bond donors (Lipinski definition) is 0. The van der Waals surface area contributed by atoms with Crippen molar-refractivity contribution in [2.75, 3.05) is 0 Å². The van der Waals surface area contributed by atoms with Crippen molar-refractivity contribution < 1.29 is 15.8 Å². The van der Waals surface area contributed by atoms with E-state index < -0.39 is 12.3 Å². The Labute approximate surface area is 166 Å². The molecular weight excluding hydrogens is 332 g/mol. The number of fused-ring (bicyclic) bond motifs is 3. The fourth-order valence-corrected chi connectivity index (χ4v) is 3.31. The Morgan fingerprint density at radius 1 is 1.26 bits per heavy atom. The van der Waals surface area contributed by atoms with E-state index in [4.69, 9.17) is 17.8 Å². The standard InChI is InChI=1S/C24H23N2O/c1-15(2)12-17-10-11-26(5)21(13-17)23-16(3)6-8-19-20-14-18(25-4)7-9-22(20)27-24(19)23/h6-11,13-15H,12H2,1-3,5H3/q+1/i10D,11D,12D2,13D. The van der Waals surface area contributed by atoms with Crippen LogP contribution in [0.3, 0.4) is 0 Å². The number of furan rings is 1. The molecule has 0 unspecified atom stereocenters. The van der Waals surface area contributed by atoms with Crippen LogP contribution >= 0.6 is 0 Å². The van der Waals surface area contributed by atoms with Gasteiger partial charge in [0.2, 0.25) is 5.69 Å². The van der Waals surface area contributed by atoms with E-state index >= 15 is 0 Å². The van der Waals surface area contributed by atoms with Gasteiger partial charge in [-0.1, -0.05) is 32.0 Å². The van der Waals surface area contributed by atoms with E-state index in [1.807, 2.05) is 19.1 Å². The molecule has 27 heavy (non-hydrogen) atoms. The largest absolute Gasteiger partial charge is 0.455 e. The summed E-state index contributed by atoms with van der Waals surface area (Å²) in [7, 11) is 1.61. The van der Waals surface area contributed by atoms with Gasteiger partial charge in [0.15, 0.2) is 11.9 Å². The van der Waals surface area contributed by atoms with Crippen LogP contribution in [0.15, 0.2) is 53.0 Å². The molecule has 0 N–H and O–H groups in total. The lowest BCUT2D eigenvalue weighted by molar-refractivity contribution is -0.660. The van der Waals surface area contributed by atoms with Gasteiger partial charge in [-0.25, -0.2) is 9.41 Å². The van der Waals surface area contributed by atoms with E-state index in [1.54, 1.807) is 39.1 Å². The van der Waals surface area contributed by atoms with Crippen molar-refractivity contribution in [2.45, 2.75) is 27.1 Å². The smallest absolute Gasteiger partial charge is 0.216 e. The third kappa shape index (κ3) is 2.98. The van der Waals surface area contributed by atoms with Gasteiger partial charge >= 0.3 is 0 Å². The van der Waals surface area contributed by atoms with Crippen molar-refractivity contribution in [3.63, 3.8) is 0 Å². The number of nitrogens with zero attached hydrogens (tertiary/aromatic N) is 2. The third-order valence-electron chi connectivity index (χ3n) is 4.56. The summed E-state index contributed by atoms with van der Waals surface area (Å²) in [5.41, 5.74) is 3.25. The molecular formula is C24H23N2O+. The maximum absolute atomic E-state index is 8.94. The van der Waals surface area contributed by atoms with Crippen LogP contribution in [0.5, 0.6) is 0 Å². The fraction of sp³-hybridized carbons (Fsp3) is 0.250. The maximum atomic E-state index is 8.94. The first kappa shape index (κ1) is 12.3. The predicted octanol–water partition coefficient (Wildman–Crippen LogP) is 6.14. The minimum Gasteiger partial charge on any atom is -0.455 e. The molecule has 0 fully saturated rings. The number of aryl methyl sites for hydroxylation is 1. The number of pyridine rings is 1. The molecule has 3 heteroatoms. The fourth-order valence-electron chi connectivity index (χ4n) is 3.31. The quantitative estimate of drug-likeness (QED) is 0.318. The summed E-state index contributed by atoms with van der Waals surface area (Å²) in [6.45, 7) is 12.6. The van der Waals surface area contributed by atoms with Crippen molar-refractivity contribution in [1.29, 1.82) is 0 Å². The normalized spacial score (nSPS) is 14.6. The summed E-state index contributed by atoms with van der Waals surface area (Å²) in [4.78, 5) is 3.50. The second-order valence-corrected chi connectivity index (χ2v) is 6.97. The Kier molecular flexibility index (Phi) is 2.99. The van der Waals surface area contributed by atoms with Gasteiger partial charge < -0.3 is 4.42 Å². The molecule has 0 radical (unpaired) electrons. The highest BCUT2D eigenvalue weighted by atomic mass is 16.3. The van der Waals surface area contributed by atoms with Crippen LogP contribution in [-0.4, -0.2) is 0 Å². The Balaban J connectivity index is 2.17. The molecule has 3 nitrogen and oxygen atoms in total. The van der Waals surface area contributed by atoms with Crippen molar-refractivity contribution in [2.24, 2.45) is 13.0 Å². The van der Waals surface area contributed by atoms with Gasteiger partial charge in [0.25, 0.3) is 0 Å². The van der Waals surface area contributed by atoms with Gasteiger partial charge in [0, 0.05) is 25.6 Å². The van der Waals surface area contributed by atoms with Crippen LogP contribution in [0.4, 0.5) is 5.69 Å². The predicted molar refractivity (Wildman–Crippen MR) is 110 cm³/mol. The summed E-state index contributed by atoms with van der Waals surface area (Å²) in [6, 6.07) is 8.60. The minimum atomic E-state index is -1.95. The number of hydrogen-bond acceptors (Lipinski definition) is 1. The van der Waals surface area contributed by atoms with Gasteiger partial charge in [0.1, 0.15) is 19.6 Å². The minimum absolute atomic E-state index is 0.0894. The Hall–Kier alpha value is -3.12. The Morgan fingerprint density at radius 3 is 2.81 bits per heavy atom. The van der Waals surface area contributed by atoms with Crippen LogP contribution in [0.2, 0.25) is 0 Å². The molecule has 2 heterocycles. The highest BCUT2D eigenvalue weighted by Crippen LogP contribution is 2.38. The summed E-state index contributed by atoms with van der Waals surface area (Å²) in [5.74, 6) is -0.481. The zero-order chi connectivity index (χ0) is 23.5. The monoisotopic (exact) mass is 360 g/mol. The Bertz CT molecular complexity index is 1450. The molecule has 2 aromatic carbocycles. The lowest BCUT2D eigenvalue weighted by Gasteiger charge is -2.09. The second kappa shape index (κ2) is 6.55. The first-order valence-corrected chi connectivity index (χ1v) is 8.84. The molecule has 0 bridgehead atoms. The maximum Gasteiger partial charge on any atom is 0.216 e. The van der Waals surface area contributed by atoms with Crippen LogP contribution in [-0.2, 0) is 13.4 Å². The van der Waals surface area contributed by atoms with Crippen molar-refractivity contribution in [3.8, 4) is 11.3 Å². The van der Waals surface area contributed by atoms with Gasteiger partial charge in [-0.3, -0.25) is 0 Å². The van der Waals surface area contributed by atoms with Crippen LogP contribution < -0.4 is 4.57 Å². The molecule has 0 aliphatic rings. The second-order valence-electron chi connectivity index (χ2n) is 6.97. The summed E-state index contributed by atoms with van der Waals surface area (Å²) in [5, 5.41) is 1.56. The molecule has 2 aromatic heterocycles. The molecule has 4 rings (SSSR count). The van der Waals surface area contributed by atoms with E-state index in [0.717, 1.165) is 16.3 Å². The third-order valence-corrected chi connectivity index (χ3v) is 4.56. The van der Waals surface area contributed by atoms with Crippen LogP contribution in [0.1, 0.15) is 31.8 Å². The molecule has 4 aromatic rings. The average molecular weight is 360 g/mol. The van der Waals surface area contributed by atoms with Crippen molar-refractivity contribution >= 4 is 27.6 Å². The van der Waals surface area contributed by atoms with Crippen LogP contribution in [0, 0.1) is 19.4 Å². The molecule has 0 aliphatic carbocycles. The highest BCUT2D eigenvalue weighted by molar-refractivity contribution is 6.10. The highest BCUT2D eigenvalue weighted by Gasteiger charge is 2.21. The number of aromatic nitrogens is 1. The van der Waals surface area contributed by atoms with Gasteiger partial charge in [-0.15, -0.1) is 0 Å². The van der Waals surface area contributed by atoms with E-state index in [1.165, 1.54) is 4.57 Å². The number of rotatable bonds is 3. The van der Waals surface area contributed by atoms with Crippen molar-refractivity contribution in [1.82, 2.24) is 0 Å². The summed E-state index contributed by atoms with van der Waals surface area (Å²) >= 11 is 0. The molecule has 0 saturated heterocycles. The first-order valence-electron chi connectivity index (χ1n) is 11.3. The molecule has 0 aliphatic heterocycles. The topological polar surface area (TPSA) is 21.4 Å². The van der Waals surface area contributed by atoms with Crippen molar-refractivity contribution in [3.05, 3.63) is 71.1 Å². The average Bonchev–Trinajstić information content (AvgIpc) is 3.11.